The molecule has 0 aliphatic heterocycles. The van der Waals surface area contributed by atoms with Crippen molar-refractivity contribution in [3.8, 4) is 0 Å². The van der Waals surface area contributed by atoms with E-state index in [4.69, 9.17) is 4.74 Å². The molecule has 0 aliphatic carbocycles. The summed E-state index contributed by atoms with van der Waals surface area (Å²) in [5.41, 5.74) is 0.354. The first-order valence-electron chi connectivity index (χ1n) is 4.88. The highest BCUT2D eigenvalue weighted by Gasteiger charge is 2.06. The van der Waals surface area contributed by atoms with Gasteiger partial charge in [0.15, 0.2) is 11.6 Å². The Morgan fingerprint density at radius 3 is 2.87 bits per heavy atom. The van der Waals surface area contributed by atoms with Crippen molar-refractivity contribution in [3.05, 3.63) is 35.4 Å². The van der Waals surface area contributed by atoms with Gasteiger partial charge in [-0.3, -0.25) is 0 Å². The van der Waals surface area contributed by atoms with E-state index in [2.05, 4.69) is 5.32 Å². The lowest BCUT2D eigenvalue weighted by molar-refractivity contribution is 0.194. The number of rotatable bonds is 6. The first-order chi connectivity index (χ1) is 7.25. The summed E-state index contributed by atoms with van der Waals surface area (Å²) < 4.78 is 30.8. The summed E-state index contributed by atoms with van der Waals surface area (Å²) in [4.78, 5) is 0. The molecule has 0 aliphatic rings. The number of hydrogen-bond acceptors (Lipinski definition) is 2. The van der Waals surface area contributed by atoms with Crippen LogP contribution in [0.4, 0.5) is 8.78 Å². The maximum atomic E-state index is 13.1. The van der Waals surface area contributed by atoms with Crippen LogP contribution in [0.2, 0.25) is 0 Å². The van der Waals surface area contributed by atoms with Gasteiger partial charge in [0.1, 0.15) is 0 Å². The fourth-order valence-corrected chi connectivity index (χ4v) is 1.25. The molecule has 15 heavy (non-hydrogen) atoms. The number of methoxy groups -OCH3 is 1. The van der Waals surface area contributed by atoms with Crippen LogP contribution in [0.25, 0.3) is 0 Å². The quantitative estimate of drug-likeness (QED) is 0.734. The molecule has 0 aromatic heterocycles. The molecular weight excluding hydrogens is 200 g/mol. The van der Waals surface area contributed by atoms with Crippen molar-refractivity contribution in [2.75, 3.05) is 20.3 Å². The molecule has 1 aromatic rings. The molecular formula is C11H15F2NO. The van der Waals surface area contributed by atoms with Crippen LogP contribution in [0.15, 0.2) is 18.2 Å². The highest BCUT2D eigenvalue weighted by Crippen LogP contribution is 2.10. The molecule has 0 radical (unpaired) electrons. The molecule has 4 heteroatoms. The standard InChI is InChI=1S/C11H15F2NO/c1-15-7-3-6-14-8-9-4-2-5-10(12)11(9)13/h2,4-5,14H,3,6-8H2,1H3. The minimum Gasteiger partial charge on any atom is -0.385 e. The Kier molecular flexibility index (Phi) is 5.21. The van der Waals surface area contributed by atoms with Gasteiger partial charge in [-0.25, -0.2) is 8.78 Å². The van der Waals surface area contributed by atoms with Gasteiger partial charge in [0.25, 0.3) is 0 Å². The molecule has 1 N–H and O–H groups in total. The highest BCUT2D eigenvalue weighted by molar-refractivity contribution is 5.18. The van der Waals surface area contributed by atoms with Crippen LogP contribution in [0.3, 0.4) is 0 Å². The summed E-state index contributed by atoms with van der Waals surface area (Å²) in [6.45, 7) is 1.73. The predicted molar refractivity (Wildman–Crippen MR) is 54.6 cm³/mol. The number of hydrogen-bond donors (Lipinski definition) is 1. The molecule has 0 fully saturated rings. The van der Waals surface area contributed by atoms with E-state index >= 15 is 0 Å². The van der Waals surface area contributed by atoms with Crippen molar-refractivity contribution in [2.24, 2.45) is 0 Å². The Balaban J connectivity index is 2.34. The van der Waals surface area contributed by atoms with Gasteiger partial charge in [-0.15, -0.1) is 0 Å². The van der Waals surface area contributed by atoms with Gasteiger partial charge in [0, 0.05) is 25.8 Å². The summed E-state index contributed by atoms with van der Waals surface area (Å²) in [6.07, 6.45) is 0.855. The first-order valence-corrected chi connectivity index (χ1v) is 4.88. The van der Waals surface area contributed by atoms with Crippen molar-refractivity contribution in [3.63, 3.8) is 0 Å². The minimum absolute atomic E-state index is 0.341. The van der Waals surface area contributed by atoms with Crippen LogP contribution < -0.4 is 5.32 Å². The van der Waals surface area contributed by atoms with Crippen molar-refractivity contribution in [2.45, 2.75) is 13.0 Å². The zero-order chi connectivity index (χ0) is 11.1. The lowest BCUT2D eigenvalue weighted by Crippen LogP contribution is -2.17. The minimum atomic E-state index is -0.800. The number of nitrogens with one attached hydrogen (secondary N) is 1. The van der Waals surface area contributed by atoms with E-state index in [9.17, 15) is 8.78 Å². The van der Waals surface area contributed by atoms with Crippen molar-refractivity contribution in [1.82, 2.24) is 5.32 Å². The molecule has 0 saturated carbocycles. The average molecular weight is 215 g/mol. The Bertz CT molecular complexity index is 305. The molecule has 0 heterocycles. The molecule has 0 bridgehead atoms. The van der Waals surface area contributed by atoms with Gasteiger partial charge in [-0.1, -0.05) is 12.1 Å². The second-order valence-electron chi connectivity index (χ2n) is 3.24. The number of halogens is 2. The highest BCUT2D eigenvalue weighted by atomic mass is 19.2. The van der Waals surface area contributed by atoms with Crippen molar-refractivity contribution >= 4 is 0 Å². The van der Waals surface area contributed by atoms with Crippen LogP contribution in [0.5, 0.6) is 0 Å². The Labute approximate surface area is 88.3 Å². The topological polar surface area (TPSA) is 21.3 Å². The van der Waals surface area contributed by atoms with Gasteiger partial charge in [-0.2, -0.15) is 0 Å². The third-order valence-electron chi connectivity index (χ3n) is 2.05. The fourth-order valence-electron chi connectivity index (χ4n) is 1.25. The molecule has 0 unspecified atom stereocenters. The van der Waals surface area contributed by atoms with Gasteiger partial charge < -0.3 is 10.1 Å². The first kappa shape index (κ1) is 12.1. The number of benzene rings is 1. The molecule has 0 saturated heterocycles. The van der Waals surface area contributed by atoms with Crippen LogP contribution in [-0.4, -0.2) is 20.3 Å². The zero-order valence-corrected chi connectivity index (χ0v) is 8.72. The smallest absolute Gasteiger partial charge is 0.163 e. The van der Waals surface area contributed by atoms with Crippen LogP contribution in [0.1, 0.15) is 12.0 Å². The molecule has 0 atom stereocenters. The van der Waals surface area contributed by atoms with Gasteiger partial charge in [0.05, 0.1) is 0 Å². The molecule has 0 amide bonds. The van der Waals surface area contributed by atoms with Crippen LogP contribution >= 0.6 is 0 Å². The average Bonchev–Trinajstić information content (AvgIpc) is 2.24. The summed E-state index contributed by atoms with van der Waals surface area (Å²) >= 11 is 0. The van der Waals surface area contributed by atoms with E-state index in [1.807, 2.05) is 0 Å². The molecule has 1 rings (SSSR count). The van der Waals surface area contributed by atoms with Gasteiger partial charge in [-0.05, 0) is 19.0 Å². The lowest BCUT2D eigenvalue weighted by atomic mass is 10.2. The lowest BCUT2D eigenvalue weighted by Gasteiger charge is -2.05. The molecule has 1 aromatic carbocycles. The maximum absolute atomic E-state index is 13.1. The summed E-state index contributed by atoms with van der Waals surface area (Å²) in [5, 5.41) is 3.02. The predicted octanol–water partition coefficient (Wildman–Crippen LogP) is 2.09. The van der Waals surface area contributed by atoms with E-state index in [0.717, 1.165) is 19.0 Å². The summed E-state index contributed by atoms with van der Waals surface area (Å²) in [7, 11) is 1.63. The monoisotopic (exact) mass is 215 g/mol. The maximum Gasteiger partial charge on any atom is 0.163 e. The fraction of sp³-hybridized carbons (Fsp3) is 0.455. The van der Waals surface area contributed by atoms with Crippen LogP contribution in [0, 0.1) is 11.6 Å². The van der Waals surface area contributed by atoms with Crippen molar-refractivity contribution in [1.29, 1.82) is 0 Å². The van der Waals surface area contributed by atoms with Gasteiger partial charge >= 0.3 is 0 Å². The number of ether oxygens (including phenoxy) is 1. The van der Waals surface area contributed by atoms with Crippen molar-refractivity contribution < 1.29 is 13.5 Å². The third-order valence-corrected chi connectivity index (χ3v) is 2.05. The third kappa shape index (κ3) is 3.93. The van der Waals surface area contributed by atoms with E-state index in [1.54, 1.807) is 13.2 Å². The molecule has 84 valence electrons. The van der Waals surface area contributed by atoms with Gasteiger partial charge in [0.2, 0.25) is 0 Å². The zero-order valence-electron chi connectivity index (χ0n) is 8.72. The molecule has 0 spiro atoms. The SMILES string of the molecule is COCCCNCc1cccc(F)c1F. The van der Waals surface area contributed by atoms with E-state index in [1.165, 1.54) is 6.07 Å². The molecule has 2 nitrogen and oxygen atoms in total. The Morgan fingerprint density at radius 1 is 1.33 bits per heavy atom. The summed E-state index contributed by atoms with van der Waals surface area (Å²) in [5.74, 6) is -1.57. The second kappa shape index (κ2) is 6.48. The Hall–Kier alpha value is -1.00. The normalized spacial score (nSPS) is 10.6. The largest absolute Gasteiger partial charge is 0.385 e. The Morgan fingerprint density at radius 2 is 2.13 bits per heavy atom. The van der Waals surface area contributed by atoms with Crippen LogP contribution in [-0.2, 0) is 11.3 Å². The van der Waals surface area contributed by atoms with E-state index < -0.39 is 11.6 Å². The summed E-state index contributed by atoms with van der Waals surface area (Å²) in [6, 6.07) is 4.19. The van der Waals surface area contributed by atoms with E-state index in [-0.39, 0.29) is 0 Å². The van der Waals surface area contributed by atoms with E-state index in [0.29, 0.717) is 18.7 Å². The second-order valence-corrected chi connectivity index (χ2v) is 3.24.